The third-order valence-corrected chi connectivity index (χ3v) is 2.50. The molecule has 1 aromatic heterocycles. The first-order chi connectivity index (χ1) is 7.79. The van der Waals surface area contributed by atoms with E-state index in [1.54, 1.807) is 6.20 Å². The predicted molar refractivity (Wildman–Crippen MR) is 72.5 cm³/mol. The minimum Gasteiger partial charge on any atom is -0.330 e. The summed E-state index contributed by atoms with van der Waals surface area (Å²) in [4.78, 5) is 13.6. The van der Waals surface area contributed by atoms with Crippen LogP contribution in [0, 0.1) is 0 Å². The average Bonchev–Trinajstić information content (AvgIpc) is 2.32. The summed E-state index contributed by atoms with van der Waals surface area (Å²) < 4.78 is 0. The number of nitrogens with one attached hydrogen (secondary N) is 1. The Morgan fingerprint density at radius 3 is 2.18 bits per heavy atom. The Hall–Kier alpha value is -1.58. The van der Waals surface area contributed by atoms with Gasteiger partial charge in [-0.15, -0.1) is 12.4 Å². The Labute approximate surface area is 106 Å². The molecule has 3 nitrogen and oxygen atoms in total. The molecule has 0 amide bonds. The van der Waals surface area contributed by atoms with E-state index in [0.29, 0.717) is 6.54 Å². The molecule has 1 aromatic carbocycles. The number of hydrogen-bond donors (Lipinski definition) is 2. The Bertz CT molecular complexity index is 499. The molecule has 3 N–H and O–H groups in total. The van der Waals surface area contributed by atoms with Crippen molar-refractivity contribution in [2.24, 2.45) is 5.73 Å². The lowest BCUT2D eigenvalue weighted by molar-refractivity contribution is 0.969. The molecular weight excluding hydrogens is 236 g/mol. The lowest BCUT2D eigenvalue weighted by Gasteiger charge is -2.03. The number of nitrogens with two attached hydrogens (primary N) is 1. The fourth-order valence-corrected chi connectivity index (χ4v) is 1.62. The van der Waals surface area contributed by atoms with Crippen molar-refractivity contribution in [1.29, 1.82) is 0 Å². The van der Waals surface area contributed by atoms with Crippen LogP contribution in [0.4, 0.5) is 0 Å². The molecule has 0 aliphatic heterocycles. The number of pyridine rings is 1. The minimum atomic E-state index is -0.0801. The molecule has 0 saturated heterocycles. The summed E-state index contributed by atoms with van der Waals surface area (Å²) in [6.07, 6.45) is 2.62. The number of halogens is 1. The normalized spacial score (nSPS) is 9.71. The van der Waals surface area contributed by atoms with Gasteiger partial charge in [-0.05, 0) is 35.7 Å². The van der Waals surface area contributed by atoms with Crippen LogP contribution in [0.15, 0.2) is 47.4 Å². The minimum absolute atomic E-state index is 0. The number of benzene rings is 1. The molecule has 0 bridgehead atoms. The molecule has 0 atom stereocenters. The number of hydrogen-bond acceptors (Lipinski definition) is 2. The number of aromatic amines is 1. The van der Waals surface area contributed by atoms with Crippen LogP contribution in [0.1, 0.15) is 5.56 Å². The van der Waals surface area contributed by atoms with Gasteiger partial charge in [0.15, 0.2) is 0 Å². The van der Waals surface area contributed by atoms with Gasteiger partial charge < -0.3 is 10.7 Å². The molecule has 1 heterocycles. The first-order valence-electron chi connectivity index (χ1n) is 5.28. The Kier molecular flexibility index (Phi) is 4.94. The molecule has 90 valence electrons. The molecule has 4 heteroatoms. The molecule has 0 fully saturated rings. The second kappa shape index (κ2) is 6.23. The molecule has 0 unspecified atom stereocenters. The molecule has 0 aliphatic rings. The summed E-state index contributed by atoms with van der Waals surface area (Å²) in [5, 5.41) is 0. The number of rotatable bonds is 3. The summed E-state index contributed by atoms with van der Waals surface area (Å²) >= 11 is 0. The smallest absolute Gasteiger partial charge is 0.247 e. The lowest BCUT2D eigenvalue weighted by atomic mass is 10.0. The summed E-state index contributed by atoms with van der Waals surface area (Å²) in [7, 11) is 0. The summed E-state index contributed by atoms with van der Waals surface area (Å²) in [5.74, 6) is 0. The molecule has 0 saturated carbocycles. The molecule has 17 heavy (non-hydrogen) atoms. The quantitative estimate of drug-likeness (QED) is 0.875. The van der Waals surface area contributed by atoms with Crippen LogP contribution in [0.5, 0.6) is 0 Å². The van der Waals surface area contributed by atoms with Crippen molar-refractivity contribution in [3.05, 3.63) is 58.5 Å². The van der Waals surface area contributed by atoms with Gasteiger partial charge in [-0.1, -0.05) is 24.3 Å². The lowest BCUT2D eigenvalue weighted by Crippen LogP contribution is -2.02. The summed E-state index contributed by atoms with van der Waals surface area (Å²) in [5.41, 5.74) is 8.75. The molecule has 2 rings (SSSR count). The first-order valence-corrected chi connectivity index (χ1v) is 5.28. The van der Waals surface area contributed by atoms with Gasteiger partial charge >= 0.3 is 0 Å². The Balaban J connectivity index is 0.00000144. The number of H-pyrrole nitrogens is 1. The van der Waals surface area contributed by atoms with Crippen LogP contribution in [0.3, 0.4) is 0 Å². The highest BCUT2D eigenvalue weighted by Crippen LogP contribution is 2.17. The van der Waals surface area contributed by atoms with Crippen molar-refractivity contribution in [1.82, 2.24) is 4.98 Å². The van der Waals surface area contributed by atoms with Crippen molar-refractivity contribution >= 4 is 12.4 Å². The van der Waals surface area contributed by atoms with Gasteiger partial charge in [0.05, 0.1) is 0 Å². The Morgan fingerprint density at radius 1 is 1.00 bits per heavy atom. The van der Waals surface area contributed by atoms with E-state index in [1.165, 1.54) is 11.6 Å². The van der Waals surface area contributed by atoms with Gasteiger partial charge in [0.1, 0.15) is 0 Å². The van der Waals surface area contributed by atoms with Crippen LogP contribution >= 0.6 is 12.4 Å². The van der Waals surface area contributed by atoms with Gasteiger partial charge in [0, 0.05) is 12.3 Å². The van der Waals surface area contributed by atoms with Gasteiger partial charge in [0.25, 0.3) is 0 Å². The highest BCUT2D eigenvalue weighted by molar-refractivity contribution is 5.85. The maximum Gasteiger partial charge on any atom is 0.247 e. The molecule has 0 radical (unpaired) electrons. The topological polar surface area (TPSA) is 58.9 Å². The summed E-state index contributed by atoms with van der Waals surface area (Å²) in [6.45, 7) is 0.665. The molecular formula is C13H15ClN2O. The van der Waals surface area contributed by atoms with Crippen molar-refractivity contribution in [3.63, 3.8) is 0 Å². The van der Waals surface area contributed by atoms with Gasteiger partial charge in [0.2, 0.25) is 5.56 Å². The van der Waals surface area contributed by atoms with Crippen molar-refractivity contribution in [2.45, 2.75) is 6.42 Å². The zero-order chi connectivity index (χ0) is 11.4. The van der Waals surface area contributed by atoms with E-state index < -0.39 is 0 Å². The van der Waals surface area contributed by atoms with E-state index in [-0.39, 0.29) is 18.0 Å². The predicted octanol–water partition coefficient (Wildman–Crippen LogP) is 1.96. The van der Waals surface area contributed by atoms with Gasteiger partial charge in [-0.25, -0.2) is 0 Å². The van der Waals surface area contributed by atoms with E-state index in [1.807, 2.05) is 18.2 Å². The van der Waals surface area contributed by atoms with E-state index in [0.717, 1.165) is 17.5 Å². The first kappa shape index (κ1) is 13.5. The highest BCUT2D eigenvalue weighted by atomic mass is 35.5. The largest absolute Gasteiger partial charge is 0.330 e. The zero-order valence-corrected chi connectivity index (χ0v) is 10.2. The van der Waals surface area contributed by atoms with Crippen LogP contribution in [0.25, 0.3) is 11.1 Å². The third kappa shape index (κ3) is 3.44. The summed E-state index contributed by atoms with van der Waals surface area (Å²) in [6, 6.07) is 11.6. The Morgan fingerprint density at radius 2 is 1.65 bits per heavy atom. The van der Waals surface area contributed by atoms with E-state index in [4.69, 9.17) is 5.73 Å². The zero-order valence-electron chi connectivity index (χ0n) is 9.35. The van der Waals surface area contributed by atoms with Gasteiger partial charge in [-0.3, -0.25) is 4.79 Å². The van der Waals surface area contributed by atoms with E-state index in [9.17, 15) is 4.79 Å². The van der Waals surface area contributed by atoms with Crippen LogP contribution in [0.2, 0.25) is 0 Å². The second-order valence-electron chi connectivity index (χ2n) is 3.68. The van der Waals surface area contributed by atoms with E-state index >= 15 is 0 Å². The SMILES string of the molecule is Cl.NCCc1ccc(-c2ccc(=O)[nH]c2)cc1. The highest BCUT2D eigenvalue weighted by Gasteiger charge is 1.97. The van der Waals surface area contributed by atoms with Gasteiger partial charge in [-0.2, -0.15) is 0 Å². The fourth-order valence-electron chi connectivity index (χ4n) is 1.62. The standard InChI is InChI=1S/C13H14N2O.ClH/c14-8-7-10-1-3-11(4-2-10)12-5-6-13(16)15-9-12;/h1-6,9H,7-8,14H2,(H,15,16);1H. The monoisotopic (exact) mass is 250 g/mol. The second-order valence-corrected chi connectivity index (χ2v) is 3.68. The van der Waals surface area contributed by atoms with E-state index in [2.05, 4.69) is 17.1 Å². The van der Waals surface area contributed by atoms with Crippen molar-refractivity contribution < 1.29 is 0 Å². The third-order valence-electron chi connectivity index (χ3n) is 2.50. The van der Waals surface area contributed by atoms with Crippen LogP contribution in [-0.2, 0) is 6.42 Å². The number of aromatic nitrogens is 1. The average molecular weight is 251 g/mol. The fraction of sp³-hybridized carbons (Fsp3) is 0.154. The van der Waals surface area contributed by atoms with Crippen molar-refractivity contribution in [3.8, 4) is 11.1 Å². The molecule has 0 aliphatic carbocycles. The molecule has 2 aromatic rings. The van der Waals surface area contributed by atoms with Crippen LogP contribution < -0.4 is 11.3 Å². The van der Waals surface area contributed by atoms with Crippen molar-refractivity contribution in [2.75, 3.05) is 6.54 Å². The molecule has 0 spiro atoms. The maximum absolute atomic E-state index is 10.9. The maximum atomic E-state index is 10.9. The van der Waals surface area contributed by atoms with Crippen LogP contribution in [-0.4, -0.2) is 11.5 Å².